The number of fused-ring (bicyclic) bond motifs is 1. The van der Waals surface area contributed by atoms with E-state index in [1.807, 2.05) is 18.2 Å². The Balaban J connectivity index is 1.73. The molecule has 4 rings (SSSR count). The highest BCUT2D eigenvalue weighted by Gasteiger charge is 2.28. The highest BCUT2D eigenvalue weighted by atomic mass is 32.1. The van der Waals surface area contributed by atoms with E-state index in [9.17, 15) is 24.8 Å². The van der Waals surface area contributed by atoms with Crippen LogP contribution in [0.2, 0.25) is 0 Å². The zero-order valence-corrected chi connectivity index (χ0v) is 18.3. The fraction of sp³-hybridized carbons (Fsp3) is 0.174. The second-order valence-electron chi connectivity index (χ2n) is 7.42. The molecule has 2 N–H and O–H groups in total. The first kappa shape index (κ1) is 22.2. The smallest absolute Gasteiger partial charge is 0.342 e. The van der Waals surface area contributed by atoms with Gasteiger partial charge in [0.05, 0.1) is 9.80 Å². The van der Waals surface area contributed by atoms with Crippen molar-refractivity contribution in [2.75, 3.05) is 5.01 Å². The second kappa shape index (κ2) is 8.83. The van der Waals surface area contributed by atoms with E-state index < -0.39 is 28.1 Å². The summed E-state index contributed by atoms with van der Waals surface area (Å²) in [4.78, 5) is 35.5. The van der Waals surface area contributed by atoms with Crippen molar-refractivity contribution in [2.24, 2.45) is 5.10 Å². The maximum Gasteiger partial charge on any atom is 0.342 e. The third kappa shape index (κ3) is 4.08. The molecule has 168 valence electrons. The molecule has 1 aliphatic carbocycles. The third-order valence-electron chi connectivity index (χ3n) is 5.43. The predicted octanol–water partition coefficient (Wildman–Crippen LogP) is 4.87. The summed E-state index contributed by atoms with van der Waals surface area (Å²) in [6.45, 7) is 1.58. The van der Waals surface area contributed by atoms with E-state index in [4.69, 9.17) is 5.11 Å². The van der Waals surface area contributed by atoms with Gasteiger partial charge in [0, 0.05) is 23.2 Å². The molecule has 0 bridgehead atoms. The lowest BCUT2D eigenvalue weighted by Gasteiger charge is -2.16. The van der Waals surface area contributed by atoms with Gasteiger partial charge < -0.3 is 10.2 Å². The third-order valence-corrected chi connectivity index (χ3v) is 6.44. The normalized spacial score (nSPS) is 12.6. The Kier molecular flexibility index (Phi) is 5.93. The molecule has 0 saturated carbocycles. The van der Waals surface area contributed by atoms with E-state index in [0.29, 0.717) is 4.88 Å². The number of aromatic carboxylic acids is 1. The number of thiophene rings is 1. The molecule has 10 heteroatoms. The quantitative estimate of drug-likeness (QED) is 0.303. The SMILES string of the molecule is C/C=N/N(C(=O)c1ccc(C(=O)O)c([N+](=O)[O-])c1)c1csc(-c2ccc3c(c2)CCC3)c1O. The van der Waals surface area contributed by atoms with Gasteiger partial charge >= 0.3 is 5.97 Å². The van der Waals surface area contributed by atoms with Crippen LogP contribution in [0, 0.1) is 10.1 Å². The summed E-state index contributed by atoms with van der Waals surface area (Å²) in [5.74, 6) is -2.35. The van der Waals surface area contributed by atoms with Crippen LogP contribution >= 0.6 is 11.3 Å². The van der Waals surface area contributed by atoms with Crippen molar-refractivity contribution in [3.8, 4) is 16.2 Å². The minimum absolute atomic E-state index is 0.128. The van der Waals surface area contributed by atoms with Gasteiger partial charge in [-0.3, -0.25) is 14.9 Å². The van der Waals surface area contributed by atoms with E-state index in [2.05, 4.69) is 5.10 Å². The van der Waals surface area contributed by atoms with E-state index in [0.717, 1.165) is 42.0 Å². The summed E-state index contributed by atoms with van der Waals surface area (Å²) >= 11 is 1.25. The molecular formula is C23H19N3O6S. The molecule has 0 spiro atoms. The van der Waals surface area contributed by atoms with E-state index >= 15 is 0 Å². The number of carbonyl (C=O) groups excluding carboxylic acids is 1. The number of anilines is 1. The molecule has 9 nitrogen and oxygen atoms in total. The lowest BCUT2D eigenvalue weighted by atomic mass is 10.0. The van der Waals surface area contributed by atoms with E-state index in [-0.39, 0.29) is 17.0 Å². The standard InChI is InChI=1S/C23H19N3O6S/c1-2-24-25(22(28)16-8-9-17(23(29)30)18(11-16)26(31)32)19-12-33-21(20(19)27)15-7-6-13-4-3-5-14(13)10-15/h2,6-12,27H,3-5H2,1H3,(H,29,30)/b24-2+. The topological polar surface area (TPSA) is 133 Å². The van der Waals surface area contributed by atoms with Crippen LogP contribution in [-0.4, -0.2) is 33.2 Å². The maximum absolute atomic E-state index is 13.2. The van der Waals surface area contributed by atoms with Crippen LogP contribution in [0.15, 0.2) is 46.9 Å². The first-order valence-corrected chi connectivity index (χ1v) is 11.0. The van der Waals surface area contributed by atoms with Crippen molar-refractivity contribution in [2.45, 2.75) is 26.2 Å². The van der Waals surface area contributed by atoms with Crippen molar-refractivity contribution in [3.05, 3.63) is 74.1 Å². The molecule has 33 heavy (non-hydrogen) atoms. The number of carboxylic acids is 1. The number of aryl methyl sites for hydroxylation is 2. The van der Waals surface area contributed by atoms with Crippen molar-refractivity contribution < 1.29 is 24.7 Å². The average molecular weight is 465 g/mol. The van der Waals surface area contributed by atoms with Crippen LogP contribution in [0.1, 0.15) is 45.2 Å². The number of carboxylic acid groups (broad SMARTS) is 1. The highest BCUT2D eigenvalue weighted by Crippen LogP contribution is 2.45. The largest absolute Gasteiger partial charge is 0.504 e. The van der Waals surface area contributed by atoms with Crippen molar-refractivity contribution >= 4 is 40.8 Å². The van der Waals surface area contributed by atoms with Gasteiger partial charge in [0.25, 0.3) is 11.6 Å². The van der Waals surface area contributed by atoms with Gasteiger partial charge in [0.15, 0.2) is 5.75 Å². The number of nitro groups is 1. The molecular weight excluding hydrogens is 446 g/mol. The summed E-state index contributed by atoms with van der Waals surface area (Å²) in [6, 6.07) is 9.11. The summed E-state index contributed by atoms with van der Waals surface area (Å²) in [5.41, 5.74) is 2.13. The monoisotopic (exact) mass is 465 g/mol. The number of benzene rings is 2. The molecule has 1 heterocycles. The molecule has 1 amide bonds. The average Bonchev–Trinajstić information content (AvgIpc) is 3.42. The molecule has 0 fully saturated rings. The van der Waals surface area contributed by atoms with Crippen molar-refractivity contribution in [1.29, 1.82) is 0 Å². The molecule has 1 aromatic heterocycles. The van der Waals surface area contributed by atoms with Gasteiger partial charge in [-0.15, -0.1) is 11.3 Å². The Morgan fingerprint density at radius 3 is 2.64 bits per heavy atom. The zero-order chi connectivity index (χ0) is 23.7. The van der Waals surface area contributed by atoms with Gasteiger partial charge in [0.1, 0.15) is 11.3 Å². The first-order chi connectivity index (χ1) is 15.8. The summed E-state index contributed by atoms with van der Waals surface area (Å²) in [7, 11) is 0. The van der Waals surface area contributed by atoms with Gasteiger partial charge in [-0.05, 0) is 61.1 Å². The number of hydrogen-bond acceptors (Lipinski definition) is 7. The summed E-state index contributed by atoms with van der Waals surface area (Å²) < 4.78 is 0. The second-order valence-corrected chi connectivity index (χ2v) is 8.30. The van der Waals surface area contributed by atoms with Crippen LogP contribution in [0.25, 0.3) is 10.4 Å². The maximum atomic E-state index is 13.2. The molecule has 0 unspecified atom stereocenters. The zero-order valence-electron chi connectivity index (χ0n) is 17.5. The van der Waals surface area contributed by atoms with Crippen LogP contribution < -0.4 is 5.01 Å². The molecule has 1 aliphatic rings. The van der Waals surface area contributed by atoms with E-state index in [1.165, 1.54) is 34.7 Å². The minimum Gasteiger partial charge on any atom is -0.504 e. The molecule has 0 aliphatic heterocycles. The number of hydrogen-bond donors (Lipinski definition) is 2. The van der Waals surface area contributed by atoms with Crippen LogP contribution in [0.3, 0.4) is 0 Å². The lowest BCUT2D eigenvalue weighted by Crippen LogP contribution is -2.25. The minimum atomic E-state index is -1.47. The molecule has 0 radical (unpaired) electrons. The fourth-order valence-electron chi connectivity index (χ4n) is 3.87. The van der Waals surface area contributed by atoms with Crippen LogP contribution in [-0.2, 0) is 12.8 Å². The Morgan fingerprint density at radius 1 is 1.18 bits per heavy atom. The van der Waals surface area contributed by atoms with Crippen molar-refractivity contribution in [1.82, 2.24) is 0 Å². The molecule has 3 aromatic rings. The Bertz CT molecular complexity index is 1310. The Hall–Kier alpha value is -4.05. The van der Waals surface area contributed by atoms with E-state index in [1.54, 1.807) is 12.3 Å². The summed E-state index contributed by atoms with van der Waals surface area (Å²) in [6.07, 6.45) is 4.47. The number of hydrazone groups is 1. The van der Waals surface area contributed by atoms with Gasteiger partial charge in [-0.1, -0.05) is 12.1 Å². The number of rotatable bonds is 6. The number of amides is 1. The lowest BCUT2D eigenvalue weighted by molar-refractivity contribution is -0.385. The Morgan fingerprint density at radius 2 is 1.94 bits per heavy atom. The molecule has 0 atom stereocenters. The summed E-state index contributed by atoms with van der Waals surface area (Å²) in [5, 5.41) is 38.0. The van der Waals surface area contributed by atoms with Gasteiger partial charge in [-0.2, -0.15) is 10.1 Å². The fourth-order valence-corrected chi connectivity index (χ4v) is 4.79. The number of nitro benzene ring substituents is 1. The predicted molar refractivity (Wildman–Crippen MR) is 124 cm³/mol. The van der Waals surface area contributed by atoms with Crippen LogP contribution in [0.4, 0.5) is 11.4 Å². The highest BCUT2D eigenvalue weighted by molar-refractivity contribution is 7.14. The molecule has 2 aromatic carbocycles. The first-order valence-electron chi connectivity index (χ1n) is 10.1. The van der Waals surface area contributed by atoms with Crippen LogP contribution in [0.5, 0.6) is 5.75 Å². The van der Waals surface area contributed by atoms with Gasteiger partial charge in [0.2, 0.25) is 0 Å². The molecule has 0 saturated heterocycles. The Labute approximate surface area is 192 Å². The van der Waals surface area contributed by atoms with Gasteiger partial charge in [-0.25, -0.2) is 4.79 Å². The van der Waals surface area contributed by atoms with Crippen molar-refractivity contribution in [3.63, 3.8) is 0 Å². The number of aromatic hydroxyl groups is 1. The number of carbonyl (C=O) groups is 2. The number of nitrogens with zero attached hydrogens (tertiary/aromatic N) is 3.